The summed E-state index contributed by atoms with van der Waals surface area (Å²) >= 11 is 3.40. The Bertz CT molecular complexity index is 836. The second kappa shape index (κ2) is 9.76. The number of thioether (sulfide) groups is 1. The van der Waals surface area contributed by atoms with E-state index in [0.717, 1.165) is 32.8 Å². The van der Waals surface area contributed by atoms with Crippen molar-refractivity contribution in [1.29, 1.82) is 0 Å². The normalized spacial score (nSPS) is 18.8. The van der Waals surface area contributed by atoms with Gasteiger partial charge in [-0.3, -0.25) is 4.99 Å². The van der Waals surface area contributed by atoms with Crippen LogP contribution in [-0.4, -0.2) is 33.0 Å². The molecule has 1 aliphatic heterocycles. The second-order valence-electron chi connectivity index (χ2n) is 5.76. The summed E-state index contributed by atoms with van der Waals surface area (Å²) in [5.74, 6) is 1.14. The highest BCUT2D eigenvalue weighted by atomic mass is 32.2. The molecule has 1 fully saturated rings. The maximum atomic E-state index is 10.4. The van der Waals surface area contributed by atoms with Gasteiger partial charge in [-0.05, 0) is 19.4 Å². The molecule has 1 N–H and O–H groups in total. The number of aromatic nitrogens is 1. The Balaban J connectivity index is 0.00000126. The highest BCUT2D eigenvalue weighted by Gasteiger charge is 2.35. The molecular formula is C21H27N3OS2. The molecule has 0 bridgehead atoms. The average molecular weight is 402 g/mol. The van der Waals surface area contributed by atoms with E-state index in [-0.39, 0.29) is 11.8 Å². The monoisotopic (exact) mass is 401 g/mol. The van der Waals surface area contributed by atoms with E-state index in [1.165, 1.54) is 4.88 Å². The van der Waals surface area contributed by atoms with Crippen molar-refractivity contribution in [2.45, 2.75) is 33.7 Å². The Labute approximate surface area is 170 Å². The minimum atomic E-state index is 0.125. The van der Waals surface area contributed by atoms with Crippen LogP contribution in [0.1, 0.15) is 42.3 Å². The number of rotatable bonds is 4. The summed E-state index contributed by atoms with van der Waals surface area (Å²) in [5, 5.41) is 12.3. The Hall–Kier alpha value is -2.05. The lowest BCUT2D eigenvalue weighted by Crippen LogP contribution is -2.27. The van der Waals surface area contributed by atoms with Gasteiger partial charge in [-0.1, -0.05) is 62.5 Å². The number of nitrogens with zero attached hydrogens (tertiary/aromatic N) is 3. The first-order valence-corrected chi connectivity index (χ1v) is 10.8. The number of aliphatic hydroxyl groups excluding tert-OH is 1. The van der Waals surface area contributed by atoms with E-state index in [1.54, 1.807) is 37.1 Å². The number of allylic oxidation sites excluding steroid dienone is 2. The molecule has 1 unspecified atom stereocenters. The fourth-order valence-corrected chi connectivity index (χ4v) is 5.08. The van der Waals surface area contributed by atoms with Gasteiger partial charge in [0.1, 0.15) is 0 Å². The molecule has 6 heteroatoms. The third kappa shape index (κ3) is 4.62. The van der Waals surface area contributed by atoms with Crippen molar-refractivity contribution in [2.75, 3.05) is 12.8 Å². The van der Waals surface area contributed by atoms with Gasteiger partial charge >= 0.3 is 0 Å². The van der Waals surface area contributed by atoms with E-state index >= 15 is 0 Å². The van der Waals surface area contributed by atoms with E-state index < -0.39 is 0 Å². The van der Waals surface area contributed by atoms with Crippen LogP contribution in [-0.2, 0) is 0 Å². The van der Waals surface area contributed by atoms with Crippen LogP contribution in [0.3, 0.4) is 0 Å². The van der Waals surface area contributed by atoms with Crippen LogP contribution in [0.5, 0.6) is 0 Å². The molecule has 0 radical (unpaired) electrons. The van der Waals surface area contributed by atoms with Crippen LogP contribution >= 0.6 is 23.1 Å². The number of benzene rings is 1. The van der Waals surface area contributed by atoms with Gasteiger partial charge in [0.15, 0.2) is 5.17 Å². The Morgan fingerprint density at radius 1 is 1.30 bits per heavy atom. The lowest BCUT2D eigenvalue weighted by molar-refractivity contribution is 0.409. The molecule has 0 spiro atoms. The van der Waals surface area contributed by atoms with Crippen molar-refractivity contribution >= 4 is 33.8 Å². The van der Waals surface area contributed by atoms with Crippen LogP contribution in [0.15, 0.2) is 59.6 Å². The number of thiazole rings is 1. The fourth-order valence-electron chi connectivity index (χ4n) is 2.96. The molecule has 1 aromatic carbocycles. The summed E-state index contributed by atoms with van der Waals surface area (Å²) in [6.07, 6.45) is 1.93. The van der Waals surface area contributed by atoms with Gasteiger partial charge in [0.2, 0.25) is 0 Å². The molecule has 0 saturated carbocycles. The summed E-state index contributed by atoms with van der Waals surface area (Å²) in [4.78, 5) is 12.1. The predicted octanol–water partition coefficient (Wildman–Crippen LogP) is 6.06. The molecule has 144 valence electrons. The molecule has 3 rings (SSSR count). The first-order chi connectivity index (χ1) is 13.0. The van der Waals surface area contributed by atoms with Crippen molar-refractivity contribution in [2.24, 2.45) is 4.99 Å². The van der Waals surface area contributed by atoms with Gasteiger partial charge in [-0.15, -0.1) is 11.3 Å². The topological polar surface area (TPSA) is 48.7 Å². The van der Waals surface area contributed by atoms with Crippen LogP contribution < -0.4 is 0 Å². The van der Waals surface area contributed by atoms with E-state index in [1.807, 2.05) is 57.3 Å². The largest absolute Gasteiger partial charge is 0.512 e. The molecule has 0 aliphatic carbocycles. The zero-order valence-electron chi connectivity index (χ0n) is 16.6. The molecule has 2 heterocycles. The van der Waals surface area contributed by atoms with E-state index in [2.05, 4.69) is 21.5 Å². The van der Waals surface area contributed by atoms with Crippen molar-refractivity contribution in [3.05, 3.63) is 70.0 Å². The van der Waals surface area contributed by atoms with Crippen molar-refractivity contribution in [3.8, 4) is 0 Å². The van der Waals surface area contributed by atoms with Crippen LogP contribution in [0, 0.1) is 6.92 Å². The van der Waals surface area contributed by atoms with Gasteiger partial charge in [-0.2, -0.15) is 0 Å². The molecular weight excluding hydrogens is 374 g/mol. The minimum Gasteiger partial charge on any atom is -0.512 e. The summed E-state index contributed by atoms with van der Waals surface area (Å²) in [5.41, 5.74) is 2.45. The third-order valence-corrected chi connectivity index (χ3v) is 6.18. The predicted molar refractivity (Wildman–Crippen MR) is 119 cm³/mol. The first kappa shape index (κ1) is 21.3. The minimum absolute atomic E-state index is 0.125. The molecule has 0 amide bonds. The van der Waals surface area contributed by atoms with Gasteiger partial charge in [0.25, 0.3) is 0 Å². The summed E-state index contributed by atoms with van der Waals surface area (Å²) < 4.78 is 0. The summed E-state index contributed by atoms with van der Waals surface area (Å²) in [6.45, 7) is 12.0. The first-order valence-electron chi connectivity index (χ1n) is 8.98. The fraction of sp³-hybridized carbons (Fsp3) is 0.333. The molecule has 1 aromatic heterocycles. The number of amidine groups is 1. The number of aryl methyl sites for hydroxylation is 1. The summed E-state index contributed by atoms with van der Waals surface area (Å²) in [7, 11) is 1.79. The highest BCUT2D eigenvalue weighted by molar-refractivity contribution is 8.14. The Morgan fingerprint density at radius 2 is 1.96 bits per heavy atom. The molecule has 1 saturated heterocycles. The smallest absolute Gasteiger partial charge is 0.164 e. The van der Waals surface area contributed by atoms with E-state index in [9.17, 15) is 5.11 Å². The zero-order valence-corrected chi connectivity index (χ0v) is 18.2. The van der Waals surface area contributed by atoms with E-state index in [4.69, 9.17) is 0 Å². The number of hydrogen-bond acceptors (Lipinski definition) is 5. The quantitative estimate of drug-likeness (QED) is 0.500. The van der Waals surface area contributed by atoms with Crippen LogP contribution in [0.2, 0.25) is 0 Å². The zero-order chi connectivity index (χ0) is 20.0. The van der Waals surface area contributed by atoms with Crippen molar-refractivity contribution in [1.82, 2.24) is 9.88 Å². The molecule has 1 aliphatic rings. The standard InChI is InChI=1S/C19H21N3OS2.C2H6/c1-12(18(13(2)23)15-8-6-5-7-9-15)22-16(11-24-19(22)20-4)17-10-21-14(3)25-17;1-2/h5-10,16,23H,1,11H2,2-4H3;1-2H3/b18-13-,20-19?;. The summed E-state index contributed by atoms with van der Waals surface area (Å²) in [6, 6.07) is 9.98. The van der Waals surface area contributed by atoms with Gasteiger partial charge < -0.3 is 10.0 Å². The van der Waals surface area contributed by atoms with Gasteiger partial charge in [0, 0.05) is 35.1 Å². The van der Waals surface area contributed by atoms with Crippen molar-refractivity contribution < 1.29 is 5.11 Å². The maximum absolute atomic E-state index is 10.4. The van der Waals surface area contributed by atoms with Gasteiger partial charge in [0.05, 0.1) is 16.8 Å². The number of aliphatic imine (C=N–C) groups is 1. The second-order valence-corrected chi connectivity index (χ2v) is 8.01. The SMILES string of the molecule is C=C(/C(=C(\C)O)c1ccccc1)N1C(=NC)SCC1c1cnc(C)s1.CC. The molecule has 4 nitrogen and oxygen atoms in total. The van der Waals surface area contributed by atoms with Gasteiger partial charge in [-0.25, -0.2) is 4.98 Å². The number of hydrogen-bond donors (Lipinski definition) is 1. The lowest BCUT2D eigenvalue weighted by atomic mass is 10.0. The third-order valence-electron chi connectivity index (χ3n) is 4.05. The van der Waals surface area contributed by atoms with E-state index in [0.29, 0.717) is 0 Å². The average Bonchev–Trinajstić information content (AvgIpc) is 3.29. The molecule has 1 atom stereocenters. The maximum Gasteiger partial charge on any atom is 0.164 e. The lowest BCUT2D eigenvalue weighted by Gasteiger charge is -2.29. The molecule has 27 heavy (non-hydrogen) atoms. The van der Waals surface area contributed by atoms with Crippen LogP contribution in [0.4, 0.5) is 0 Å². The highest BCUT2D eigenvalue weighted by Crippen LogP contribution is 2.43. The van der Waals surface area contributed by atoms with Crippen LogP contribution in [0.25, 0.3) is 5.57 Å². The molecule has 2 aromatic rings. The van der Waals surface area contributed by atoms with Crippen molar-refractivity contribution in [3.63, 3.8) is 0 Å². The Morgan fingerprint density at radius 3 is 2.48 bits per heavy atom. The number of aliphatic hydroxyl groups is 1. The Kier molecular flexibility index (Phi) is 7.68.